The molecule has 86 valence electrons. The van der Waals surface area contributed by atoms with Gasteiger partial charge in [0.1, 0.15) is 0 Å². The number of ether oxygens (including phenoxy) is 1. The van der Waals surface area contributed by atoms with Crippen LogP contribution in [0.3, 0.4) is 0 Å². The minimum Gasteiger partial charge on any atom is -0.377 e. The van der Waals surface area contributed by atoms with Crippen LogP contribution >= 0.6 is 0 Å². The van der Waals surface area contributed by atoms with Gasteiger partial charge in [-0.15, -0.1) is 0 Å². The lowest BCUT2D eigenvalue weighted by molar-refractivity contribution is 0.0414. The van der Waals surface area contributed by atoms with E-state index in [-0.39, 0.29) is 0 Å². The topological polar surface area (TPSA) is 50.5 Å². The molecule has 3 N–H and O–H groups in total. The summed E-state index contributed by atoms with van der Waals surface area (Å²) < 4.78 is 5.70. The number of nitrogens with one attached hydrogen (secondary N) is 1. The van der Waals surface area contributed by atoms with Crippen molar-refractivity contribution in [1.29, 1.82) is 0 Å². The van der Waals surface area contributed by atoms with Gasteiger partial charge < -0.3 is 20.7 Å². The molecule has 0 rings (SSSR count). The minimum atomic E-state index is 0.316. The Morgan fingerprint density at radius 3 is 2.57 bits per heavy atom. The summed E-state index contributed by atoms with van der Waals surface area (Å²) in [6, 6.07) is 0. The first-order valence-corrected chi connectivity index (χ1v) is 5.31. The second-order valence-electron chi connectivity index (χ2n) is 3.77. The van der Waals surface area contributed by atoms with Crippen molar-refractivity contribution < 1.29 is 4.74 Å². The first-order chi connectivity index (χ1) is 6.70. The molecule has 0 saturated heterocycles. The normalized spacial score (nSPS) is 13.5. The number of likely N-dealkylation sites (N-methyl/N-ethyl adjacent to an activating group) is 1. The van der Waals surface area contributed by atoms with Crippen LogP contribution in [0.25, 0.3) is 0 Å². The van der Waals surface area contributed by atoms with Crippen LogP contribution in [0.4, 0.5) is 0 Å². The van der Waals surface area contributed by atoms with E-state index < -0.39 is 0 Å². The van der Waals surface area contributed by atoms with Gasteiger partial charge in [-0.2, -0.15) is 0 Å². The average molecular weight is 203 g/mol. The predicted molar refractivity (Wildman–Crippen MR) is 60.5 cm³/mol. The molecule has 0 heterocycles. The van der Waals surface area contributed by atoms with Crippen molar-refractivity contribution in [3.8, 4) is 0 Å². The summed E-state index contributed by atoms with van der Waals surface area (Å²) in [5, 5.41) is 3.06. The molecule has 0 fully saturated rings. The van der Waals surface area contributed by atoms with Gasteiger partial charge in [0.2, 0.25) is 0 Å². The fourth-order valence-electron chi connectivity index (χ4n) is 1.23. The van der Waals surface area contributed by atoms with Crippen LogP contribution < -0.4 is 11.1 Å². The van der Waals surface area contributed by atoms with Crippen LogP contribution in [0.1, 0.15) is 12.8 Å². The van der Waals surface area contributed by atoms with Gasteiger partial charge in [-0.25, -0.2) is 0 Å². The third-order valence-electron chi connectivity index (χ3n) is 2.09. The second-order valence-corrected chi connectivity index (χ2v) is 3.77. The Bertz CT molecular complexity index is 120. The zero-order valence-electron chi connectivity index (χ0n) is 9.75. The molecule has 0 aromatic heterocycles. The van der Waals surface area contributed by atoms with Crippen LogP contribution in [0, 0.1) is 0 Å². The molecule has 1 atom stereocenters. The Hall–Kier alpha value is -0.160. The van der Waals surface area contributed by atoms with Crippen molar-refractivity contribution in [2.24, 2.45) is 5.73 Å². The minimum absolute atomic E-state index is 0.316. The molecule has 0 aromatic carbocycles. The standard InChI is InChI=1S/C10H25N3O/c1-12-7-9-14-10(4-6-11)5-8-13(2)3/h10,12H,4-9,11H2,1-3H3. The lowest BCUT2D eigenvalue weighted by Gasteiger charge is -2.19. The number of hydrogen-bond acceptors (Lipinski definition) is 4. The second kappa shape index (κ2) is 9.40. The highest BCUT2D eigenvalue weighted by atomic mass is 16.5. The number of nitrogens with zero attached hydrogens (tertiary/aromatic N) is 1. The Kier molecular flexibility index (Phi) is 9.29. The molecule has 0 radical (unpaired) electrons. The van der Waals surface area contributed by atoms with Crippen LogP contribution in [0.5, 0.6) is 0 Å². The molecule has 0 bridgehead atoms. The highest BCUT2D eigenvalue weighted by molar-refractivity contribution is 4.61. The summed E-state index contributed by atoms with van der Waals surface area (Å²) in [4.78, 5) is 2.17. The molecule has 0 spiro atoms. The van der Waals surface area contributed by atoms with Crippen LogP contribution in [-0.2, 0) is 4.74 Å². The monoisotopic (exact) mass is 203 g/mol. The van der Waals surface area contributed by atoms with E-state index in [1.807, 2.05) is 7.05 Å². The van der Waals surface area contributed by atoms with E-state index in [2.05, 4.69) is 24.3 Å². The SMILES string of the molecule is CNCCOC(CCN)CCN(C)C. The van der Waals surface area contributed by atoms with Gasteiger partial charge in [0.25, 0.3) is 0 Å². The van der Waals surface area contributed by atoms with Crippen molar-refractivity contribution in [1.82, 2.24) is 10.2 Å². The van der Waals surface area contributed by atoms with E-state index in [4.69, 9.17) is 10.5 Å². The van der Waals surface area contributed by atoms with Gasteiger partial charge in [0, 0.05) is 6.54 Å². The van der Waals surface area contributed by atoms with E-state index in [0.717, 1.165) is 32.5 Å². The fraction of sp³-hybridized carbons (Fsp3) is 1.00. The molecule has 0 aliphatic rings. The number of nitrogens with two attached hydrogens (primary N) is 1. The molecule has 4 heteroatoms. The molecule has 0 amide bonds. The highest BCUT2D eigenvalue weighted by Gasteiger charge is 2.07. The predicted octanol–water partition coefficient (Wildman–Crippen LogP) is -0.108. The average Bonchev–Trinajstić information content (AvgIpc) is 2.14. The molecule has 0 aromatic rings. The summed E-state index contributed by atoms with van der Waals surface area (Å²) >= 11 is 0. The third-order valence-corrected chi connectivity index (χ3v) is 2.09. The summed E-state index contributed by atoms with van der Waals surface area (Å²) in [6.07, 6.45) is 2.33. The summed E-state index contributed by atoms with van der Waals surface area (Å²) in [5.41, 5.74) is 5.53. The van der Waals surface area contributed by atoms with Crippen molar-refractivity contribution in [3.63, 3.8) is 0 Å². The van der Waals surface area contributed by atoms with Crippen molar-refractivity contribution in [3.05, 3.63) is 0 Å². The smallest absolute Gasteiger partial charge is 0.0600 e. The van der Waals surface area contributed by atoms with E-state index in [1.165, 1.54) is 0 Å². The van der Waals surface area contributed by atoms with Gasteiger partial charge in [-0.1, -0.05) is 0 Å². The quantitative estimate of drug-likeness (QED) is 0.514. The van der Waals surface area contributed by atoms with E-state index in [1.54, 1.807) is 0 Å². The maximum Gasteiger partial charge on any atom is 0.0600 e. The zero-order chi connectivity index (χ0) is 10.8. The van der Waals surface area contributed by atoms with E-state index >= 15 is 0 Å². The molecule has 4 nitrogen and oxygen atoms in total. The highest BCUT2D eigenvalue weighted by Crippen LogP contribution is 2.03. The molecule has 1 unspecified atom stereocenters. The maximum absolute atomic E-state index is 5.70. The van der Waals surface area contributed by atoms with Crippen molar-refractivity contribution in [2.75, 3.05) is 47.4 Å². The summed E-state index contributed by atoms with van der Waals surface area (Å²) in [5.74, 6) is 0. The van der Waals surface area contributed by atoms with Gasteiger partial charge >= 0.3 is 0 Å². The van der Waals surface area contributed by atoms with E-state index in [9.17, 15) is 0 Å². The van der Waals surface area contributed by atoms with Crippen LogP contribution in [-0.4, -0.2) is 58.4 Å². The lowest BCUT2D eigenvalue weighted by Crippen LogP contribution is -2.26. The lowest BCUT2D eigenvalue weighted by atomic mass is 10.2. The van der Waals surface area contributed by atoms with Crippen molar-refractivity contribution in [2.45, 2.75) is 18.9 Å². The molecule has 0 saturated carbocycles. The van der Waals surface area contributed by atoms with Crippen LogP contribution in [0.2, 0.25) is 0 Å². The van der Waals surface area contributed by atoms with E-state index in [0.29, 0.717) is 12.6 Å². The maximum atomic E-state index is 5.70. The Balaban J connectivity index is 3.54. The Morgan fingerprint density at radius 2 is 2.07 bits per heavy atom. The third kappa shape index (κ3) is 8.44. The molecule has 0 aliphatic carbocycles. The Morgan fingerprint density at radius 1 is 1.36 bits per heavy atom. The molecule has 14 heavy (non-hydrogen) atoms. The van der Waals surface area contributed by atoms with Crippen LogP contribution in [0.15, 0.2) is 0 Å². The van der Waals surface area contributed by atoms with Gasteiger partial charge in [-0.3, -0.25) is 0 Å². The largest absolute Gasteiger partial charge is 0.377 e. The first kappa shape index (κ1) is 13.8. The summed E-state index contributed by atoms with van der Waals surface area (Å²) in [6.45, 7) is 3.44. The van der Waals surface area contributed by atoms with Crippen molar-refractivity contribution >= 4 is 0 Å². The molecule has 0 aliphatic heterocycles. The molecular weight excluding hydrogens is 178 g/mol. The number of hydrogen-bond donors (Lipinski definition) is 2. The number of rotatable bonds is 9. The molecular formula is C10H25N3O. The summed E-state index contributed by atoms with van der Waals surface area (Å²) in [7, 11) is 6.08. The Labute approximate surface area is 87.8 Å². The zero-order valence-corrected chi connectivity index (χ0v) is 9.75. The fourth-order valence-corrected chi connectivity index (χ4v) is 1.23. The van der Waals surface area contributed by atoms with Gasteiger partial charge in [0.05, 0.1) is 12.7 Å². The first-order valence-electron chi connectivity index (χ1n) is 5.31. The van der Waals surface area contributed by atoms with Gasteiger partial charge in [0.15, 0.2) is 0 Å². The van der Waals surface area contributed by atoms with Gasteiger partial charge in [-0.05, 0) is 47.1 Å².